The molecule has 128 valence electrons. The number of amides is 2. The summed E-state index contributed by atoms with van der Waals surface area (Å²) in [6, 6.07) is 13.3. The summed E-state index contributed by atoms with van der Waals surface area (Å²) in [7, 11) is 0. The zero-order valence-electron chi connectivity index (χ0n) is 14.1. The number of carbonyl (C=O) groups excluding carboxylic acids is 2. The van der Waals surface area contributed by atoms with E-state index in [2.05, 4.69) is 4.98 Å². The quantitative estimate of drug-likeness (QED) is 0.866. The molecule has 2 aliphatic rings. The van der Waals surface area contributed by atoms with Crippen molar-refractivity contribution in [2.45, 2.75) is 12.8 Å². The molecule has 1 aliphatic carbocycles. The van der Waals surface area contributed by atoms with Crippen molar-refractivity contribution < 1.29 is 9.59 Å². The second-order valence-corrected chi connectivity index (χ2v) is 6.69. The van der Waals surface area contributed by atoms with Crippen LogP contribution in [0.25, 0.3) is 11.3 Å². The van der Waals surface area contributed by atoms with Crippen LogP contribution in [0.2, 0.25) is 0 Å². The molecule has 0 radical (unpaired) electrons. The van der Waals surface area contributed by atoms with Crippen molar-refractivity contribution in [1.29, 1.82) is 0 Å². The van der Waals surface area contributed by atoms with Crippen LogP contribution in [0.15, 0.2) is 48.7 Å². The maximum absolute atomic E-state index is 12.8. The number of aromatic nitrogens is 1. The molecule has 5 heteroatoms. The minimum atomic E-state index is 0.0244. The number of carbonyl (C=O) groups is 2. The summed E-state index contributed by atoms with van der Waals surface area (Å²) in [4.78, 5) is 33.0. The minimum absolute atomic E-state index is 0.0244. The number of hydrogen-bond acceptors (Lipinski definition) is 3. The summed E-state index contributed by atoms with van der Waals surface area (Å²) in [5, 5.41) is 0. The molecule has 0 bridgehead atoms. The van der Waals surface area contributed by atoms with Gasteiger partial charge in [0.2, 0.25) is 5.91 Å². The standard InChI is InChI=1S/C20H21N3O2/c24-19(15-7-8-15)22-10-12-23(13-11-22)20(25)17-5-3-4-16(14-17)18-6-1-2-9-21-18/h1-6,9,14-15H,7-8,10-13H2. The Morgan fingerprint density at radius 1 is 0.920 bits per heavy atom. The number of pyridine rings is 1. The highest BCUT2D eigenvalue weighted by molar-refractivity contribution is 5.95. The molecule has 2 heterocycles. The molecule has 1 aromatic carbocycles. The molecular formula is C20H21N3O2. The molecule has 1 aliphatic heterocycles. The monoisotopic (exact) mass is 335 g/mol. The molecule has 25 heavy (non-hydrogen) atoms. The van der Waals surface area contributed by atoms with E-state index < -0.39 is 0 Å². The molecule has 0 spiro atoms. The van der Waals surface area contributed by atoms with Crippen LogP contribution >= 0.6 is 0 Å². The van der Waals surface area contributed by atoms with Gasteiger partial charge in [-0.1, -0.05) is 18.2 Å². The number of rotatable bonds is 3. The van der Waals surface area contributed by atoms with Crippen molar-refractivity contribution in [2.24, 2.45) is 5.92 Å². The van der Waals surface area contributed by atoms with E-state index in [0.29, 0.717) is 31.7 Å². The topological polar surface area (TPSA) is 53.5 Å². The van der Waals surface area contributed by atoms with Crippen LogP contribution in [0.4, 0.5) is 0 Å². The predicted molar refractivity (Wildman–Crippen MR) is 94.9 cm³/mol. The van der Waals surface area contributed by atoms with Gasteiger partial charge in [-0.3, -0.25) is 14.6 Å². The molecule has 1 saturated carbocycles. The number of benzene rings is 1. The maximum atomic E-state index is 12.8. The van der Waals surface area contributed by atoms with E-state index in [1.165, 1.54) is 0 Å². The van der Waals surface area contributed by atoms with Crippen LogP contribution in [0, 0.1) is 5.92 Å². The van der Waals surface area contributed by atoms with Gasteiger partial charge in [0.15, 0.2) is 0 Å². The molecule has 2 fully saturated rings. The van der Waals surface area contributed by atoms with Crippen molar-refractivity contribution in [1.82, 2.24) is 14.8 Å². The van der Waals surface area contributed by atoms with Gasteiger partial charge in [0.25, 0.3) is 5.91 Å². The van der Waals surface area contributed by atoms with Crippen LogP contribution in [0.3, 0.4) is 0 Å². The van der Waals surface area contributed by atoms with Crippen LogP contribution in [0.1, 0.15) is 23.2 Å². The average Bonchev–Trinajstić information content (AvgIpc) is 3.53. The van der Waals surface area contributed by atoms with Crippen molar-refractivity contribution in [3.63, 3.8) is 0 Å². The lowest BCUT2D eigenvalue weighted by atomic mass is 10.1. The first-order chi connectivity index (χ1) is 12.2. The lowest BCUT2D eigenvalue weighted by Crippen LogP contribution is -2.51. The van der Waals surface area contributed by atoms with Gasteiger partial charge >= 0.3 is 0 Å². The van der Waals surface area contributed by atoms with Gasteiger partial charge in [-0.2, -0.15) is 0 Å². The van der Waals surface area contributed by atoms with E-state index in [-0.39, 0.29) is 17.7 Å². The van der Waals surface area contributed by atoms with Crippen molar-refractivity contribution in [3.05, 3.63) is 54.2 Å². The fourth-order valence-corrected chi connectivity index (χ4v) is 3.25. The molecule has 0 unspecified atom stereocenters. The third-order valence-electron chi connectivity index (χ3n) is 4.88. The summed E-state index contributed by atoms with van der Waals surface area (Å²) in [6.45, 7) is 2.48. The number of hydrogen-bond donors (Lipinski definition) is 0. The first kappa shape index (κ1) is 15.8. The molecule has 2 amide bonds. The van der Waals surface area contributed by atoms with E-state index in [1.54, 1.807) is 6.20 Å². The van der Waals surface area contributed by atoms with E-state index in [1.807, 2.05) is 52.3 Å². The Bertz CT molecular complexity index is 779. The largest absolute Gasteiger partial charge is 0.339 e. The molecule has 2 aromatic rings. The van der Waals surface area contributed by atoms with Gasteiger partial charge in [0, 0.05) is 49.4 Å². The Labute approximate surface area is 147 Å². The van der Waals surface area contributed by atoms with Crippen LogP contribution in [-0.2, 0) is 4.79 Å². The van der Waals surface area contributed by atoms with E-state index in [0.717, 1.165) is 24.1 Å². The molecule has 4 rings (SSSR count). The SMILES string of the molecule is O=C(c1cccc(-c2ccccn2)c1)N1CCN(C(=O)C2CC2)CC1. The fourth-order valence-electron chi connectivity index (χ4n) is 3.25. The Morgan fingerprint density at radius 2 is 1.68 bits per heavy atom. The van der Waals surface area contributed by atoms with E-state index in [9.17, 15) is 9.59 Å². The fraction of sp³-hybridized carbons (Fsp3) is 0.350. The maximum Gasteiger partial charge on any atom is 0.253 e. The normalized spacial score (nSPS) is 17.4. The second kappa shape index (κ2) is 6.67. The molecule has 5 nitrogen and oxygen atoms in total. The lowest BCUT2D eigenvalue weighted by molar-refractivity contribution is -0.134. The van der Waals surface area contributed by atoms with Crippen molar-refractivity contribution in [3.8, 4) is 11.3 Å². The summed E-state index contributed by atoms with van der Waals surface area (Å²) < 4.78 is 0. The Balaban J connectivity index is 1.44. The molecular weight excluding hydrogens is 314 g/mol. The first-order valence-corrected chi connectivity index (χ1v) is 8.82. The van der Waals surface area contributed by atoms with Gasteiger partial charge in [-0.05, 0) is 37.1 Å². The highest BCUT2D eigenvalue weighted by Crippen LogP contribution is 2.31. The number of nitrogens with zero attached hydrogens (tertiary/aromatic N) is 3. The van der Waals surface area contributed by atoms with Gasteiger partial charge in [0.1, 0.15) is 0 Å². The summed E-state index contributed by atoms with van der Waals surface area (Å²) >= 11 is 0. The van der Waals surface area contributed by atoms with Crippen molar-refractivity contribution in [2.75, 3.05) is 26.2 Å². The van der Waals surface area contributed by atoms with Gasteiger partial charge in [-0.15, -0.1) is 0 Å². The lowest BCUT2D eigenvalue weighted by Gasteiger charge is -2.35. The summed E-state index contributed by atoms with van der Waals surface area (Å²) in [6.07, 6.45) is 3.80. The average molecular weight is 335 g/mol. The smallest absolute Gasteiger partial charge is 0.253 e. The van der Waals surface area contributed by atoms with Crippen LogP contribution < -0.4 is 0 Å². The summed E-state index contributed by atoms with van der Waals surface area (Å²) in [5.41, 5.74) is 2.47. The molecule has 0 atom stereocenters. The van der Waals surface area contributed by atoms with E-state index >= 15 is 0 Å². The first-order valence-electron chi connectivity index (χ1n) is 8.82. The van der Waals surface area contributed by atoms with E-state index in [4.69, 9.17) is 0 Å². The van der Waals surface area contributed by atoms with Crippen LogP contribution in [0.5, 0.6) is 0 Å². The van der Waals surface area contributed by atoms with Crippen LogP contribution in [-0.4, -0.2) is 52.8 Å². The zero-order valence-corrected chi connectivity index (χ0v) is 14.1. The highest BCUT2D eigenvalue weighted by atomic mass is 16.2. The predicted octanol–water partition coefficient (Wildman–Crippen LogP) is 2.44. The third kappa shape index (κ3) is 3.40. The Kier molecular flexibility index (Phi) is 4.22. The second-order valence-electron chi connectivity index (χ2n) is 6.69. The third-order valence-corrected chi connectivity index (χ3v) is 4.88. The Hall–Kier alpha value is -2.69. The highest BCUT2D eigenvalue weighted by Gasteiger charge is 2.35. The minimum Gasteiger partial charge on any atom is -0.339 e. The number of piperazine rings is 1. The Morgan fingerprint density at radius 3 is 2.36 bits per heavy atom. The molecule has 0 N–H and O–H groups in total. The molecule has 1 saturated heterocycles. The van der Waals surface area contributed by atoms with Gasteiger partial charge in [-0.25, -0.2) is 0 Å². The van der Waals surface area contributed by atoms with Gasteiger partial charge < -0.3 is 9.80 Å². The van der Waals surface area contributed by atoms with Gasteiger partial charge in [0.05, 0.1) is 5.69 Å². The molecule has 1 aromatic heterocycles. The zero-order chi connectivity index (χ0) is 17.2. The van der Waals surface area contributed by atoms with Crippen molar-refractivity contribution >= 4 is 11.8 Å². The summed E-state index contributed by atoms with van der Waals surface area (Å²) in [5.74, 6) is 0.540.